The van der Waals surface area contributed by atoms with Crippen LogP contribution in [0.25, 0.3) is 22.3 Å². The van der Waals surface area contributed by atoms with E-state index in [1.807, 2.05) is 49.6 Å². The normalized spacial score (nSPS) is 15.6. The Kier molecular flexibility index (Phi) is 6.92. The quantitative estimate of drug-likeness (QED) is 0.335. The molecule has 0 atom stereocenters. The number of benzene rings is 2. The van der Waals surface area contributed by atoms with Crippen molar-refractivity contribution in [2.45, 2.75) is 18.8 Å². The first kappa shape index (κ1) is 24.9. The summed E-state index contributed by atoms with van der Waals surface area (Å²) in [6.45, 7) is 1.97. The minimum atomic E-state index is -2.57. The van der Waals surface area contributed by atoms with Gasteiger partial charge in [0.1, 0.15) is 11.5 Å². The van der Waals surface area contributed by atoms with E-state index >= 15 is 0 Å². The molecule has 0 N–H and O–H groups in total. The predicted octanol–water partition coefficient (Wildman–Crippen LogP) is 4.92. The molecular weight excluding hydrogens is 478 g/mol. The number of likely N-dealkylation sites (tertiary alicyclic amines) is 1. The third-order valence-electron chi connectivity index (χ3n) is 6.71. The third kappa shape index (κ3) is 5.64. The summed E-state index contributed by atoms with van der Waals surface area (Å²) < 4.78 is 40.1. The Hall–Kier alpha value is -3.79. The van der Waals surface area contributed by atoms with Crippen LogP contribution in [0.1, 0.15) is 12.8 Å². The summed E-state index contributed by atoms with van der Waals surface area (Å²) in [6, 6.07) is 11.6. The highest BCUT2D eigenvalue weighted by Gasteiger charge is 2.33. The van der Waals surface area contributed by atoms with Gasteiger partial charge < -0.3 is 19.3 Å². The van der Waals surface area contributed by atoms with E-state index in [0.29, 0.717) is 37.7 Å². The number of ether oxygens (including phenoxy) is 2. The van der Waals surface area contributed by atoms with Crippen LogP contribution in [-0.4, -0.2) is 71.0 Å². The monoisotopic (exact) mass is 508 g/mol. The number of rotatable bonds is 8. The molecule has 1 aliphatic rings. The Morgan fingerprint density at radius 3 is 2.32 bits per heavy atom. The molecule has 2 aromatic heterocycles. The molecule has 5 rings (SSSR count). The molecule has 1 fully saturated rings. The lowest BCUT2D eigenvalue weighted by Gasteiger charge is -2.34. The Labute approximate surface area is 214 Å². The highest BCUT2D eigenvalue weighted by molar-refractivity contribution is 5.82. The van der Waals surface area contributed by atoms with Gasteiger partial charge >= 0.3 is 0 Å². The Bertz CT molecular complexity index is 1360. The number of alkyl halides is 2. The number of fused-ring (bicyclic) bond motifs is 1. The van der Waals surface area contributed by atoms with Gasteiger partial charge in [-0.3, -0.25) is 9.67 Å². The van der Waals surface area contributed by atoms with Crippen molar-refractivity contribution < 1.29 is 18.3 Å². The average Bonchev–Trinajstić information content (AvgIpc) is 3.35. The number of methoxy groups -OCH3 is 2. The zero-order valence-corrected chi connectivity index (χ0v) is 21.2. The molecule has 0 saturated carbocycles. The van der Waals surface area contributed by atoms with E-state index in [1.165, 1.54) is 0 Å². The van der Waals surface area contributed by atoms with Gasteiger partial charge in [0.2, 0.25) is 0 Å². The Morgan fingerprint density at radius 1 is 0.946 bits per heavy atom. The largest absolute Gasteiger partial charge is 0.497 e. The number of hydrogen-bond donors (Lipinski definition) is 0. The third-order valence-corrected chi connectivity index (χ3v) is 6.71. The summed E-state index contributed by atoms with van der Waals surface area (Å²) in [5.41, 5.74) is 4.92. The van der Waals surface area contributed by atoms with E-state index in [0.717, 1.165) is 33.7 Å². The Balaban J connectivity index is 1.50. The molecule has 3 heterocycles. The minimum absolute atomic E-state index is 0.108. The lowest BCUT2D eigenvalue weighted by molar-refractivity contribution is -0.0544. The van der Waals surface area contributed by atoms with Crippen LogP contribution in [0.15, 0.2) is 55.0 Å². The number of aryl methyl sites for hydroxylation is 1. The van der Waals surface area contributed by atoms with Crippen molar-refractivity contribution in [3.8, 4) is 22.8 Å². The molecule has 10 heteroatoms. The summed E-state index contributed by atoms with van der Waals surface area (Å²) >= 11 is 0. The second kappa shape index (κ2) is 10.3. The van der Waals surface area contributed by atoms with Crippen LogP contribution in [-0.2, 0) is 7.05 Å². The molecule has 37 heavy (non-hydrogen) atoms. The van der Waals surface area contributed by atoms with Crippen molar-refractivity contribution in [2.75, 3.05) is 45.3 Å². The first-order valence-corrected chi connectivity index (χ1v) is 12.2. The lowest BCUT2D eigenvalue weighted by atomic mass is 10.1. The molecule has 0 radical (unpaired) electrons. The van der Waals surface area contributed by atoms with E-state index in [1.54, 1.807) is 31.3 Å². The van der Waals surface area contributed by atoms with Crippen LogP contribution in [0.5, 0.6) is 11.5 Å². The van der Waals surface area contributed by atoms with Crippen molar-refractivity contribution in [1.82, 2.24) is 24.6 Å². The summed E-state index contributed by atoms with van der Waals surface area (Å²) in [5, 5.41) is 4.23. The maximum atomic E-state index is 13.7. The van der Waals surface area contributed by atoms with Crippen molar-refractivity contribution in [3.63, 3.8) is 0 Å². The molecule has 1 saturated heterocycles. The second-order valence-electron chi connectivity index (χ2n) is 9.25. The number of nitrogens with zero attached hydrogens (tertiary/aromatic N) is 6. The molecular formula is C27H30F2N6O2. The molecule has 2 aromatic carbocycles. The maximum Gasteiger partial charge on any atom is 0.250 e. The van der Waals surface area contributed by atoms with Crippen LogP contribution in [0.2, 0.25) is 0 Å². The molecule has 8 nitrogen and oxygen atoms in total. The van der Waals surface area contributed by atoms with Gasteiger partial charge in [0.25, 0.3) is 5.92 Å². The van der Waals surface area contributed by atoms with Gasteiger partial charge in [-0.05, 0) is 18.2 Å². The van der Waals surface area contributed by atoms with Crippen molar-refractivity contribution >= 4 is 22.4 Å². The van der Waals surface area contributed by atoms with E-state index in [9.17, 15) is 8.78 Å². The van der Waals surface area contributed by atoms with Crippen molar-refractivity contribution in [2.24, 2.45) is 7.05 Å². The molecule has 0 unspecified atom stereocenters. The Morgan fingerprint density at radius 2 is 1.68 bits per heavy atom. The fourth-order valence-corrected chi connectivity index (χ4v) is 4.56. The topological polar surface area (TPSA) is 68.5 Å². The number of piperidine rings is 1. The predicted molar refractivity (Wildman–Crippen MR) is 139 cm³/mol. The molecule has 0 aliphatic carbocycles. The summed E-state index contributed by atoms with van der Waals surface area (Å²) in [7, 11) is 5.09. The first-order chi connectivity index (χ1) is 17.8. The number of halogens is 2. The highest BCUT2D eigenvalue weighted by Crippen LogP contribution is 2.34. The fourth-order valence-electron chi connectivity index (χ4n) is 4.56. The van der Waals surface area contributed by atoms with Crippen LogP contribution in [0, 0.1) is 0 Å². The second-order valence-corrected chi connectivity index (χ2v) is 9.25. The van der Waals surface area contributed by atoms with Gasteiger partial charge in [0, 0.05) is 87.4 Å². The van der Waals surface area contributed by atoms with Gasteiger partial charge in [-0.2, -0.15) is 5.10 Å². The molecule has 4 aromatic rings. The SMILES string of the molecule is COc1cc(OC)cc(N(CCN2CCC(F)(F)CC2)c2ccc3ncc(-c4cnn(C)c4)nc3c2)c1. The lowest BCUT2D eigenvalue weighted by Crippen LogP contribution is -2.42. The number of aromatic nitrogens is 4. The molecule has 0 bridgehead atoms. The molecule has 0 spiro atoms. The van der Waals surface area contributed by atoms with E-state index < -0.39 is 5.92 Å². The van der Waals surface area contributed by atoms with E-state index in [4.69, 9.17) is 14.5 Å². The van der Waals surface area contributed by atoms with Crippen molar-refractivity contribution in [1.29, 1.82) is 0 Å². The smallest absolute Gasteiger partial charge is 0.250 e. The molecule has 1 aliphatic heterocycles. The number of hydrogen-bond acceptors (Lipinski definition) is 7. The summed E-state index contributed by atoms with van der Waals surface area (Å²) in [5.74, 6) is -1.24. The zero-order chi connectivity index (χ0) is 26.0. The van der Waals surface area contributed by atoms with Crippen LogP contribution in [0.4, 0.5) is 20.2 Å². The van der Waals surface area contributed by atoms with Gasteiger partial charge in [0.05, 0.1) is 43.3 Å². The summed E-state index contributed by atoms with van der Waals surface area (Å²) in [4.78, 5) is 13.7. The van der Waals surface area contributed by atoms with Gasteiger partial charge in [-0.15, -0.1) is 0 Å². The fraction of sp³-hybridized carbons (Fsp3) is 0.370. The van der Waals surface area contributed by atoms with Crippen LogP contribution >= 0.6 is 0 Å². The zero-order valence-electron chi connectivity index (χ0n) is 21.2. The van der Waals surface area contributed by atoms with E-state index in [-0.39, 0.29) is 12.8 Å². The highest BCUT2D eigenvalue weighted by atomic mass is 19.3. The molecule has 194 valence electrons. The van der Waals surface area contributed by atoms with Gasteiger partial charge in [-0.1, -0.05) is 0 Å². The average molecular weight is 509 g/mol. The summed E-state index contributed by atoms with van der Waals surface area (Å²) in [6.07, 6.45) is 5.19. The van der Waals surface area contributed by atoms with Gasteiger partial charge in [0.15, 0.2) is 0 Å². The van der Waals surface area contributed by atoms with E-state index in [2.05, 4.69) is 19.9 Å². The van der Waals surface area contributed by atoms with Gasteiger partial charge in [-0.25, -0.2) is 13.8 Å². The van der Waals surface area contributed by atoms with Crippen molar-refractivity contribution in [3.05, 3.63) is 55.0 Å². The first-order valence-electron chi connectivity index (χ1n) is 12.2. The minimum Gasteiger partial charge on any atom is -0.497 e. The standard InChI is InChI=1S/C27H30F2N6O2/c1-33-18-19(16-31-33)26-17-30-24-5-4-20(14-25(24)32-26)35(11-10-34-8-6-27(28,29)7-9-34)21-12-22(36-2)15-23(13-21)37-3/h4-5,12-18H,6-11H2,1-3H3. The maximum absolute atomic E-state index is 13.7. The molecule has 0 amide bonds. The van der Waals surface area contributed by atoms with Crippen LogP contribution < -0.4 is 14.4 Å². The van der Waals surface area contributed by atoms with Crippen LogP contribution in [0.3, 0.4) is 0 Å². The number of anilines is 2.